The molecule has 1 aromatic heterocycles. The van der Waals surface area contributed by atoms with Gasteiger partial charge in [-0.25, -0.2) is 0 Å². The average Bonchev–Trinajstić information content (AvgIpc) is 3.10. The maximum atomic E-state index is 9.80. The van der Waals surface area contributed by atoms with Crippen LogP contribution in [0.1, 0.15) is 17.2 Å². The van der Waals surface area contributed by atoms with Gasteiger partial charge in [0.25, 0.3) is 0 Å². The van der Waals surface area contributed by atoms with Gasteiger partial charge in [-0.2, -0.15) is 4.68 Å². The predicted octanol–water partition coefficient (Wildman–Crippen LogP) is 1.37. The van der Waals surface area contributed by atoms with E-state index in [9.17, 15) is 10.2 Å². The molecule has 4 N–H and O–H groups in total. The van der Waals surface area contributed by atoms with Gasteiger partial charge in [0.15, 0.2) is 11.5 Å². The number of benzene rings is 2. The number of hydrogen-bond acceptors (Lipinski definition) is 7. The molecule has 0 radical (unpaired) electrons. The van der Waals surface area contributed by atoms with Gasteiger partial charge in [-0.15, -0.1) is 0 Å². The number of phenols is 2. The molecule has 25 heavy (non-hydrogen) atoms. The fraction of sp³-hybridized carbons (Fsp3) is 0.235. The van der Waals surface area contributed by atoms with Crippen LogP contribution in [0.5, 0.6) is 11.5 Å². The number of para-hydroxylation sites is 1. The monoisotopic (exact) mass is 338 g/mol. The number of anilines is 1. The molecule has 1 unspecified atom stereocenters. The topological polar surface area (TPSA) is 108 Å². The molecule has 0 saturated carbocycles. The molecule has 0 spiro atoms. The summed E-state index contributed by atoms with van der Waals surface area (Å²) in [6.07, 6.45) is 0.807. The molecule has 2 heterocycles. The molecule has 0 saturated heterocycles. The van der Waals surface area contributed by atoms with E-state index in [1.807, 2.05) is 30.3 Å². The molecule has 0 aliphatic carbocycles. The Labute approximate surface area is 144 Å². The zero-order chi connectivity index (χ0) is 17.2. The first kappa shape index (κ1) is 15.4. The SMILES string of the molecule is Oc1cc2c(cc1O)C(CNc1nnnn1-c1ccccc1)NCC2. The van der Waals surface area contributed by atoms with Crippen LogP contribution in [0.2, 0.25) is 0 Å². The van der Waals surface area contributed by atoms with Crippen LogP contribution in [0.4, 0.5) is 5.95 Å². The number of fused-ring (bicyclic) bond motifs is 1. The van der Waals surface area contributed by atoms with Crippen molar-refractivity contribution in [2.24, 2.45) is 0 Å². The number of rotatable bonds is 4. The second kappa shape index (κ2) is 6.40. The molecule has 1 atom stereocenters. The fourth-order valence-corrected chi connectivity index (χ4v) is 3.08. The molecule has 1 aliphatic heterocycles. The third-order valence-electron chi connectivity index (χ3n) is 4.33. The van der Waals surface area contributed by atoms with Crippen molar-refractivity contribution in [3.8, 4) is 17.2 Å². The zero-order valence-corrected chi connectivity index (χ0v) is 13.4. The number of nitrogens with zero attached hydrogens (tertiary/aromatic N) is 4. The van der Waals surface area contributed by atoms with E-state index in [-0.39, 0.29) is 17.5 Å². The van der Waals surface area contributed by atoms with Gasteiger partial charge in [0.2, 0.25) is 5.95 Å². The van der Waals surface area contributed by atoms with Crippen molar-refractivity contribution < 1.29 is 10.2 Å². The van der Waals surface area contributed by atoms with Crippen molar-refractivity contribution >= 4 is 5.95 Å². The second-order valence-corrected chi connectivity index (χ2v) is 5.93. The molecule has 8 heteroatoms. The predicted molar refractivity (Wildman–Crippen MR) is 91.9 cm³/mol. The van der Waals surface area contributed by atoms with Crippen LogP contribution in [0.3, 0.4) is 0 Å². The summed E-state index contributed by atoms with van der Waals surface area (Å²) in [5.74, 6) is 0.352. The number of nitrogens with one attached hydrogen (secondary N) is 2. The van der Waals surface area contributed by atoms with E-state index in [0.29, 0.717) is 12.5 Å². The highest BCUT2D eigenvalue weighted by Crippen LogP contribution is 2.33. The lowest BCUT2D eigenvalue weighted by Crippen LogP contribution is -2.34. The molecular weight excluding hydrogens is 320 g/mol. The van der Waals surface area contributed by atoms with Gasteiger partial charge in [0, 0.05) is 6.54 Å². The van der Waals surface area contributed by atoms with E-state index in [1.165, 1.54) is 0 Å². The van der Waals surface area contributed by atoms with E-state index >= 15 is 0 Å². The van der Waals surface area contributed by atoms with E-state index < -0.39 is 0 Å². The standard InChI is InChI=1S/C17H18N6O2/c24-15-8-11-6-7-18-14(13(11)9-16(15)25)10-19-17-20-21-22-23(17)12-4-2-1-3-5-12/h1-5,8-9,14,18,24-25H,6-7,10H2,(H,19,20,22). The first-order valence-electron chi connectivity index (χ1n) is 8.08. The maximum absolute atomic E-state index is 9.80. The number of hydrogen-bond donors (Lipinski definition) is 4. The Morgan fingerprint density at radius 2 is 1.96 bits per heavy atom. The van der Waals surface area contributed by atoms with Crippen molar-refractivity contribution in [1.29, 1.82) is 0 Å². The molecule has 0 amide bonds. The largest absolute Gasteiger partial charge is 0.504 e. The first-order chi connectivity index (χ1) is 12.2. The minimum Gasteiger partial charge on any atom is -0.504 e. The molecule has 4 rings (SSSR count). The molecule has 2 aromatic carbocycles. The summed E-state index contributed by atoms with van der Waals surface area (Å²) in [6, 6.07) is 12.9. The van der Waals surface area contributed by atoms with E-state index in [2.05, 4.69) is 26.2 Å². The van der Waals surface area contributed by atoms with Crippen LogP contribution in [0.15, 0.2) is 42.5 Å². The highest BCUT2D eigenvalue weighted by atomic mass is 16.3. The van der Waals surface area contributed by atoms with Gasteiger partial charge in [0.1, 0.15) is 0 Å². The maximum Gasteiger partial charge on any atom is 0.247 e. The fourth-order valence-electron chi connectivity index (χ4n) is 3.08. The van der Waals surface area contributed by atoms with Gasteiger partial charge < -0.3 is 20.8 Å². The second-order valence-electron chi connectivity index (χ2n) is 5.93. The van der Waals surface area contributed by atoms with Crippen LogP contribution in [-0.2, 0) is 6.42 Å². The number of aromatic nitrogens is 4. The third-order valence-corrected chi connectivity index (χ3v) is 4.33. The molecule has 3 aromatic rings. The lowest BCUT2D eigenvalue weighted by Gasteiger charge is -2.27. The van der Waals surface area contributed by atoms with Crippen molar-refractivity contribution in [3.05, 3.63) is 53.6 Å². The van der Waals surface area contributed by atoms with Crippen molar-refractivity contribution in [2.45, 2.75) is 12.5 Å². The summed E-state index contributed by atoms with van der Waals surface area (Å²) in [5.41, 5.74) is 2.87. The van der Waals surface area contributed by atoms with Crippen LogP contribution < -0.4 is 10.6 Å². The Morgan fingerprint density at radius 1 is 1.16 bits per heavy atom. The Hall–Kier alpha value is -3.13. The minimum absolute atomic E-state index is 0.0174. The van der Waals surface area contributed by atoms with Gasteiger partial charge in [-0.05, 0) is 58.8 Å². The summed E-state index contributed by atoms with van der Waals surface area (Å²) in [4.78, 5) is 0. The molecule has 128 valence electrons. The Balaban J connectivity index is 1.54. The normalized spacial score (nSPS) is 16.4. The van der Waals surface area contributed by atoms with Crippen LogP contribution >= 0.6 is 0 Å². The van der Waals surface area contributed by atoms with Crippen molar-refractivity contribution in [2.75, 3.05) is 18.4 Å². The number of aromatic hydroxyl groups is 2. The third kappa shape index (κ3) is 2.99. The quantitative estimate of drug-likeness (QED) is 0.532. The van der Waals surface area contributed by atoms with Crippen LogP contribution in [0, 0.1) is 0 Å². The molecule has 0 fully saturated rings. The van der Waals surface area contributed by atoms with Crippen molar-refractivity contribution in [3.63, 3.8) is 0 Å². The minimum atomic E-state index is -0.110. The number of phenolic OH excluding ortho intramolecular Hbond substituents is 2. The smallest absolute Gasteiger partial charge is 0.247 e. The molecule has 0 bridgehead atoms. The Morgan fingerprint density at radius 3 is 2.80 bits per heavy atom. The van der Waals surface area contributed by atoms with Gasteiger partial charge in [-0.1, -0.05) is 23.3 Å². The van der Waals surface area contributed by atoms with Crippen LogP contribution in [-0.4, -0.2) is 43.5 Å². The summed E-state index contributed by atoms with van der Waals surface area (Å²) < 4.78 is 1.64. The van der Waals surface area contributed by atoms with E-state index in [4.69, 9.17) is 0 Å². The Kier molecular flexibility index (Phi) is 3.95. The van der Waals surface area contributed by atoms with Gasteiger partial charge in [0.05, 0.1) is 11.7 Å². The van der Waals surface area contributed by atoms with Gasteiger partial charge >= 0.3 is 0 Å². The average molecular weight is 338 g/mol. The highest BCUT2D eigenvalue weighted by Gasteiger charge is 2.22. The number of tetrazole rings is 1. The highest BCUT2D eigenvalue weighted by molar-refractivity contribution is 5.48. The molecule has 8 nitrogen and oxygen atoms in total. The summed E-state index contributed by atoms with van der Waals surface area (Å²) in [5, 5.41) is 38.0. The summed E-state index contributed by atoms with van der Waals surface area (Å²) >= 11 is 0. The Bertz CT molecular complexity index is 880. The van der Waals surface area contributed by atoms with E-state index in [0.717, 1.165) is 29.8 Å². The first-order valence-corrected chi connectivity index (χ1v) is 8.08. The van der Waals surface area contributed by atoms with E-state index in [1.54, 1.807) is 16.8 Å². The van der Waals surface area contributed by atoms with Crippen LogP contribution in [0.25, 0.3) is 5.69 Å². The lowest BCUT2D eigenvalue weighted by atomic mass is 9.93. The summed E-state index contributed by atoms with van der Waals surface area (Å²) in [6.45, 7) is 1.34. The lowest BCUT2D eigenvalue weighted by molar-refractivity contribution is 0.399. The molecular formula is C17H18N6O2. The van der Waals surface area contributed by atoms with Gasteiger partial charge in [-0.3, -0.25) is 0 Å². The zero-order valence-electron chi connectivity index (χ0n) is 13.4. The van der Waals surface area contributed by atoms with Crippen molar-refractivity contribution in [1.82, 2.24) is 25.5 Å². The molecule has 1 aliphatic rings. The summed E-state index contributed by atoms with van der Waals surface area (Å²) in [7, 11) is 0.